The minimum Gasteiger partial charge on any atom is -0.309 e. The molecule has 0 saturated heterocycles. The summed E-state index contributed by atoms with van der Waals surface area (Å²) in [7, 11) is 0. The predicted molar refractivity (Wildman–Crippen MR) is 221 cm³/mol. The average Bonchev–Trinajstić information content (AvgIpc) is 3.57. The molecular weight excluding hydrogens is 629 g/mol. The van der Waals surface area contributed by atoms with Crippen molar-refractivity contribution in [3.05, 3.63) is 206 Å². The van der Waals surface area contributed by atoms with E-state index in [0.717, 1.165) is 22.7 Å². The molecule has 0 unspecified atom stereocenters. The van der Waals surface area contributed by atoms with Gasteiger partial charge in [-0.2, -0.15) is 0 Å². The maximum Gasteiger partial charge on any atom is 0.0562 e. The first kappa shape index (κ1) is 30.0. The summed E-state index contributed by atoms with van der Waals surface area (Å²) in [5.41, 5.74) is 11.8. The lowest BCUT2D eigenvalue weighted by Crippen LogP contribution is -2.12. The molecule has 2 nitrogen and oxygen atoms in total. The van der Waals surface area contributed by atoms with E-state index in [0.29, 0.717) is 0 Å². The summed E-state index contributed by atoms with van der Waals surface area (Å²) < 4.78 is 2.40. The summed E-state index contributed by atoms with van der Waals surface area (Å²) in [5, 5.41) is 7.28. The van der Waals surface area contributed by atoms with Crippen molar-refractivity contribution in [3.63, 3.8) is 0 Å². The smallest absolute Gasteiger partial charge is 0.0562 e. The van der Waals surface area contributed by atoms with E-state index in [-0.39, 0.29) is 0 Å². The van der Waals surface area contributed by atoms with Crippen LogP contribution >= 0.6 is 0 Å². The van der Waals surface area contributed by atoms with Gasteiger partial charge in [0, 0.05) is 27.2 Å². The van der Waals surface area contributed by atoms with Crippen LogP contribution < -0.4 is 4.90 Å². The molecule has 52 heavy (non-hydrogen) atoms. The van der Waals surface area contributed by atoms with Crippen molar-refractivity contribution in [2.75, 3.05) is 4.90 Å². The highest BCUT2D eigenvalue weighted by Gasteiger charge is 2.24. The second kappa shape index (κ2) is 12.5. The van der Waals surface area contributed by atoms with Crippen molar-refractivity contribution < 1.29 is 0 Å². The number of anilines is 3. The predicted octanol–water partition coefficient (Wildman–Crippen LogP) is 13.9. The van der Waals surface area contributed by atoms with Gasteiger partial charge in [0.25, 0.3) is 0 Å². The van der Waals surface area contributed by atoms with E-state index in [4.69, 9.17) is 0 Å². The molecule has 9 aromatic carbocycles. The zero-order valence-corrected chi connectivity index (χ0v) is 28.5. The van der Waals surface area contributed by atoms with Crippen molar-refractivity contribution in [2.24, 2.45) is 0 Å². The van der Waals surface area contributed by atoms with Crippen LogP contribution in [0.2, 0.25) is 0 Å². The third-order valence-electron chi connectivity index (χ3n) is 10.4. The Hall–Kier alpha value is -6.90. The van der Waals surface area contributed by atoms with Crippen molar-refractivity contribution >= 4 is 60.4 Å². The fraction of sp³-hybridized carbons (Fsp3) is 0. The molecular formula is C50H34N2. The number of hydrogen-bond acceptors (Lipinski definition) is 1. The maximum absolute atomic E-state index is 2.51. The van der Waals surface area contributed by atoms with Crippen molar-refractivity contribution in [3.8, 4) is 27.9 Å². The van der Waals surface area contributed by atoms with Crippen molar-refractivity contribution in [1.29, 1.82) is 0 Å². The monoisotopic (exact) mass is 662 g/mol. The lowest BCUT2D eigenvalue weighted by Gasteiger charge is -2.30. The summed E-state index contributed by atoms with van der Waals surface area (Å²) in [6.07, 6.45) is 0. The normalized spacial score (nSPS) is 11.5. The van der Waals surface area contributed by atoms with Crippen LogP contribution in [0, 0.1) is 0 Å². The zero-order valence-electron chi connectivity index (χ0n) is 28.5. The van der Waals surface area contributed by atoms with Crippen LogP contribution in [0.5, 0.6) is 0 Å². The van der Waals surface area contributed by atoms with Crippen LogP contribution in [-0.4, -0.2) is 4.57 Å². The molecule has 0 aliphatic heterocycles. The standard InChI is InChI=1S/C50H34N2/c1-4-17-35(18-5-1)38-31-33-46(42-25-12-10-23-40(38)42)52(47-34-32-39(36-19-6-2-7-20-36)41-24-11-13-26-43(41)47)49-30-16-29-48-50(49)44-27-14-15-28-45(44)51(48)37-21-8-3-9-22-37/h1-34H. The number of nitrogens with zero attached hydrogens (tertiary/aromatic N) is 2. The Bertz CT molecular complexity index is 2770. The lowest BCUT2D eigenvalue weighted by atomic mass is 9.94. The number of benzene rings is 9. The van der Waals surface area contributed by atoms with Gasteiger partial charge in [-0.05, 0) is 75.5 Å². The van der Waals surface area contributed by atoms with Gasteiger partial charge >= 0.3 is 0 Å². The Labute approximate surface area is 303 Å². The molecule has 0 radical (unpaired) electrons. The van der Waals surface area contributed by atoms with Gasteiger partial charge in [0.05, 0.1) is 28.1 Å². The topological polar surface area (TPSA) is 8.17 Å². The van der Waals surface area contributed by atoms with Gasteiger partial charge in [0.1, 0.15) is 0 Å². The number of aromatic nitrogens is 1. The fourth-order valence-electron chi connectivity index (χ4n) is 8.13. The SMILES string of the molecule is c1ccc(-c2ccc(N(c3ccc(-c4ccccc4)c4ccccc34)c3cccc4c3c3ccccc3n4-c3ccccc3)c3ccccc23)cc1. The van der Waals surface area contributed by atoms with Gasteiger partial charge in [-0.3, -0.25) is 0 Å². The quantitative estimate of drug-likeness (QED) is 0.172. The molecule has 2 heteroatoms. The number of para-hydroxylation sites is 2. The highest BCUT2D eigenvalue weighted by molar-refractivity contribution is 6.19. The number of hydrogen-bond donors (Lipinski definition) is 0. The molecule has 1 heterocycles. The van der Waals surface area contributed by atoms with Crippen LogP contribution in [-0.2, 0) is 0 Å². The van der Waals surface area contributed by atoms with Crippen LogP contribution in [0.25, 0.3) is 71.3 Å². The molecule has 0 bridgehead atoms. The molecule has 244 valence electrons. The largest absolute Gasteiger partial charge is 0.309 e. The third kappa shape index (κ3) is 4.80. The van der Waals surface area contributed by atoms with E-state index in [1.807, 2.05) is 0 Å². The molecule has 0 saturated carbocycles. The lowest BCUT2D eigenvalue weighted by molar-refractivity contribution is 1.18. The fourth-order valence-corrected chi connectivity index (χ4v) is 8.13. The zero-order chi connectivity index (χ0) is 34.4. The van der Waals surface area contributed by atoms with E-state index in [9.17, 15) is 0 Å². The van der Waals surface area contributed by atoms with Crippen LogP contribution in [0.15, 0.2) is 206 Å². The Morgan fingerprint density at radius 2 is 0.731 bits per heavy atom. The first-order valence-corrected chi connectivity index (χ1v) is 17.9. The molecule has 0 aliphatic carbocycles. The summed E-state index contributed by atoms with van der Waals surface area (Å²) in [4.78, 5) is 2.51. The summed E-state index contributed by atoms with van der Waals surface area (Å²) >= 11 is 0. The summed E-state index contributed by atoms with van der Waals surface area (Å²) in [6.45, 7) is 0. The molecule has 10 aromatic rings. The van der Waals surface area contributed by atoms with E-state index < -0.39 is 0 Å². The van der Waals surface area contributed by atoms with Gasteiger partial charge < -0.3 is 9.47 Å². The molecule has 10 rings (SSSR count). The average molecular weight is 663 g/mol. The van der Waals surface area contributed by atoms with Crippen LogP contribution in [0.3, 0.4) is 0 Å². The van der Waals surface area contributed by atoms with Crippen molar-refractivity contribution in [1.82, 2.24) is 4.57 Å². The van der Waals surface area contributed by atoms with E-state index in [1.165, 1.54) is 65.6 Å². The maximum atomic E-state index is 2.51. The van der Waals surface area contributed by atoms with Gasteiger partial charge in [-0.15, -0.1) is 0 Å². The molecule has 1 aromatic heterocycles. The molecule has 0 aliphatic rings. The molecule has 0 spiro atoms. The molecule has 0 atom stereocenters. The highest BCUT2D eigenvalue weighted by atomic mass is 15.2. The van der Waals surface area contributed by atoms with Crippen molar-refractivity contribution in [2.45, 2.75) is 0 Å². The molecule has 0 fully saturated rings. The van der Waals surface area contributed by atoms with Gasteiger partial charge in [0.15, 0.2) is 0 Å². The third-order valence-corrected chi connectivity index (χ3v) is 10.4. The van der Waals surface area contributed by atoms with Crippen LogP contribution in [0.4, 0.5) is 17.1 Å². The van der Waals surface area contributed by atoms with E-state index in [2.05, 4.69) is 216 Å². The Balaban J connectivity index is 1.33. The first-order valence-electron chi connectivity index (χ1n) is 17.9. The van der Waals surface area contributed by atoms with E-state index >= 15 is 0 Å². The Morgan fingerprint density at radius 3 is 1.29 bits per heavy atom. The first-order chi connectivity index (χ1) is 25.8. The minimum absolute atomic E-state index is 1.14. The second-order valence-electron chi connectivity index (χ2n) is 13.3. The van der Waals surface area contributed by atoms with Gasteiger partial charge in [0.2, 0.25) is 0 Å². The number of rotatable bonds is 6. The van der Waals surface area contributed by atoms with E-state index in [1.54, 1.807) is 0 Å². The Kier molecular flexibility index (Phi) is 7.18. The Morgan fingerprint density at radius 1 is 0.288 bits per heavy atom. The molecule has 0 amide bonds. The number of fused-ring (bicyclic) bond motifs is 5. The van der Waals surface area contributed by atoms with Gasteiger partial charge in [-0.1, -0.05) is 164 Å². The van der Waals surface area contributed by atoms with Gasteiger partial charge in [-0.25, -0.2) is 0 Å². The van der Waals surface area contributed by atoms with Crippen LogP contribution in [0.1, 0.15) is 0 Å². The minimum atomic E-state index is 1.14. The summed E-state index contributed by atoms with van der Waals surface area (Å²) in [6, 6.07) is 74.7. The summed E-state index contributed by atoms with van der Waals surface area (Å²) in [5.74, 6) is 0. The second-order valence-corrected chi connectivity index (χ2v) is 13.3. The molecule has 0 N–H and O–H groups in total. The highest BCUT2D eigenvalue weighted by Crippen LogP contribution is 2.49.